The lowest BCUT2D eigenvalue weighted by atomic mass is 10.2. The van der Waals surface area contributed by atoms with Gasteiger partial charge in [-0.2, -0.15) is 0 Å². The molecule has 0 fully saturated rings. The topological polar surface area (TPSA) is 91.9 Å². The Labute approximate surface area is 149 Å². The smallest absolute Gasteiger partial charge is 0.319 e. The number of methoxy groups -OCH3 is 1. The molecule has 1 aromatic carbocycles. The Kier molecular flexibility index (Phi) is 5.43. The Morgan fingerprint density at radius 3 is 2.81 bits per heavy atom. The third-order valence-electron chi connectivity index (χ3n) is 3.64. The first-order valence-electron chi connectivity index (χ1n) is 7.99. The van der Waals surface area contributed by atoms with Crippen LogP contribution in [-0.4, -0.2) is 34.6 Å². The molecule has 0 aliphatic carbocycles. The van der Waals surface area contributed by atoms with Crippen LogP contribution in [0.3, 0.4) is 0 Å². The number of carbonyl (C=O) groups is 1. The molecular weight excluding hydrogens is 337 g/mol. The highest BCUT2D eigenvalue weighted by molar-refractivity contribution is 5.90. The molecule has 0 unspecified atom stereocenters. The molecule has 0 atom stereocenters. The molecule has 3 rings (SSSR count). The lowest BCUT2D eigenvalue weighted by Crippen LogP contribution is -2.30. The zero-order chi connectivity index (χ0) is 18.4. The van der Waals surface area contributed by atoms with Gasteiger partial charge in [0, 0.05) is 19.2 Å². The van der Waals surface area contributed by atoms with Crippen LogP contribution in [0.4, 0.5) is 14.9 Å². The van der Waals surface area contributed by atoms with E-state index >= 15 is 0 Å². The van der Waals surface area contributed by atoms with Crippen LogP contribution in [0, 0.1) is 5.82 Å². The van der Waals surface area contributed by atoms with E-state index in [0.29, 0.717) is 24.5 Å². The number of H-pyrrole nitrogens is 1. The number of urea groups is 1. The summed E-state index contributed by atoms with van der Waals surface area (Å²) in [5.74, 6) is 0.787. The van der Waals surface area contributed by atoms with Gasteiger partial charge in [0.15, 0.2) is 0 Å². The van der Waals surface area contributed by atoms with Crippen molar-refractivity contribution in [3.05, 3.63) is 60.4 Å². The van der Waals surface area contributed by atoms with Crippen LogP contribution >= 0.6 is 0 Å². The third-order valence-corrected chi connectivity index (χ3v) is 3.64. The zero-order valence-electron chi connectivity index (χ0n) is 14.1. The maximum Gasteiger partial charge on any atom is 0.319 e. The molecular formula is C18H18FN5O2. The molecule has 0 aliphatic heterocycles. The number of rotatable bonds is 6. The number of aromatic amines is 1. The number of amides is 2. The predicted molar refractivity (Wildman–Crippen MR) is 95.5 cm³/mol. The van der Waals surface area contributed by atoms with Gasteiger partial charge in [-0.1, -0.05) is 0 Å². The average molecular weight is 355 g/mol. The number of ether oxygens (including phenoxy) is 1. The van der Waals surface area contributed by atoms with E-state index in [2.05, 4.69) is 25.6 Å². The highest BCUT2D eigenvalue weighted by Gasteiger charge is 2.08. The SMILES string of the molecule is COc1ncccc1NC(=O)NCCc1ncc(-c2ccc(F)cc2)[nH]1. The molecule has 26 heavy (non-hydrogen) atoms. The van der Waals surface area contributed by atoms with E-state index < -0.39 is 0 Å². The van der Waals surface area contributed by atoms with Gasteiger partial charge in [0.25, 0.3) is 0 Å². The number of imidazole rings is 1. The normalized spacial score (nSPS) is 10.4. The minimum Gasteiger partial charge on any atom is -0.480 e. The van der Waals surface area contributed by atoms with Crippen LogP contribution in [0.25, 0.3) is 11.3 Å². The summed E-state index contributed by atoms with van der Waals surface area (Å²) in [5.41, 5.74) is 2.13. The molecule has 0 aliphatic rings. The lowest BCUT2D eigenvalue weighted by molar-refractivity contribution is 0.252. The Balaban J connectivity index is 1.50. The molecule has 0 spiro atoms. The summed E-state index contributed by atoms with van der Waals surface area (Å²) >= 11 is 0. The summed E-state index contributed by atoms with van der Waals surface area (Å²) in [7, 11) is 1.49. The molecule has 7 nitrogen and oxygen atoms in total. The summed E-state index contributed by atoms with van der Waals surface area (Å²) in [6.45, 7) is 0.394. The van der Waals surface area contributed by atoms with E-state index in [1.165, 1.54) is 19.2 Å². The standard InChI is InChI=1S/C18H18FN5O2/c1-26-17-14(3-2-9-20-17)24-18(25)21-10-8-16-22-11-15(23-16)12-4-6-13(19)7-5-12/h2-7,9,11H,8,10H2,1H3,(H,22,23)(H2,21,24,25). The molecule has 2 amide bonds. The number of benzene rings is 1. The number of hydrogen-bond acceptors (Lipinski definition) is 4. The van der Waals surface area contributed by atoms with Crippen LogP contribution in [0.5, 0.6) is 5.88 Å². The van der Waals surface area contributed by atoms with Gasteiger partial charge < -0.3 is 20.4 Å². The Hall–Kier alpha value is -3.42. The Morgan fingerprint density at radius 1 is 1.23 bits per heavy atom. The van der Waals surface area contributed by atoms with E-state index in [-0.39, 0.29) is 11.8 Å². The molecule has 2 heterocycles. The first-order chi connectivity index (χ1) is 12.7. The van der Waals surface area contributed by atoms with Crippen LogP contribution < -0.4 is 15.4 Å². The second-order valence-corrected chi connectivity index (χ2v) is 5.44. The first-order valence-corrected chi connectivity index (χ1v) is 7.99. The molecule has 134 valence electrons. The van der Waals surface area contributed by atoms with E-state index in [0.717, 1.165) is 17.1 Å². The van der Waals surface area contributed by atoms with E-state index in [9.17, 15) is 9.18 Å². The van der Waals surface area contributed by atoms with Crippen molar-refractivity contribution < 1.29 is 13.9 Å². The maximum absolute atomic E-state index is 13.0. The second-order valence-electron chi connectivity index (χ2n) is 5.44. The second kappa shape index (κ2) is 8.11. The van der Waals surface area contributed by atoms with Gasteiger partial charge in [0.05, 0.1) is 19.0 Å². The highest BCUT2D eigenvalue weighted by Crippen LogP contribution is 2.19. The Bertz CT molecular complexity index is 879. The van der Waals surface area contributed by atoms with Gasteiger partial charge >= 0.3 is 6.03 Å². The van der Waals surface area contributed by atoms with E-state index in [4.69, 9.17) is 4.74 Å². The van der Waals surface area contributed by atoms with Crippen molar-refractivity contribution in [2.45, 2.75) is 6.42 Å². The predicted octanol–water partition coefficient (Wildman–Crippen LogP) is 2.98. The quantitative estimate of drug-likeness (QED) is 0.634. The number of nitrogens with zero attached hydrogens (tertiary/aromatic N) is 2. The lowest BCUT2D eigenvalue weighted by Gasteiger charge is -2.09. The van der Waals surface area contributed by atoms with Crippen molar-refractivity contribution in [1.82, 2.24) is 20.3 Å². The van der Waals surface area contributed by atoms with Crippen LogP contribution in [-0.2, 0) is 6.42 Å². The molecule has 0 saturated carbocycles. The molecule has 0 bridgehead atoms. The molecule has 0 radical (unpaired) electrons. The van der Waals surface area contributed by atoms with Gasteiger partial charge in [-0.05, 0) is 42.0 Å². The summed E-state index contributed by atoms with van der Waals surface area (Å²) in [5, 5.41) is 5.42. The molecule has 0 saturated heterocycles. The number of halogens is 1. The van der Waals surface area contributed by atoms with Crippen molar-refractivity contribution in [1.29, 1.82) is 0 Å². The number of hydrogen-bond donors (Lipinski definition) is 3. The fraction of sp³-hybridized carbons (Fsp3) is 0.167. The summed E-state index contributed by atoms with van der Waals surface area (Å²) in [6.07, 6.45) is 3.79. The number of anilines is 1. The first kappa shape index (κ1) is 17.4. The van der Waals surface area contributed by atoms with Crippen LogP contribution in [0.2, 0.25) is 0 Å². The van der Waals surface area contributed by atoms with Gasteiger partial charge in [-0.3, -0.25) is 0 Å². The number of aromatic nitrogens is 3. The van der Waals surface area contributed by atoms with Gasteiger partial charge in [0.2, 0.25) is 5.88 Å². The number of nitrogens with one attached hydrogen (secondary N) is 3. The van der Waals surface area contributed by atoms with Crippen molar-refractivity contribution in [3.8, 4) is 17.1 Å². The van der Waals surface area contributed by atoms with E-state index in [1.807, 2.05) is 0 Å². The molecule has 3 aromatic rings. The average Bonchev–Trinajstić information content (AvgIpc) is 3.11. The van der Waals surface area contributed by atoms with Crippen molar-refractivity contribution in [2.24, 2.45) is 0 Å². The number of pyridine rings is 1. The third kappa shape index (κ3) is 4.35. The van der Waals surface area contributed by atoms with Gasteiger partial charge in [0.1, 0.15) is 17.3 Å². The van der Waals surface area contributed by atoms with E-state index in [1.54, 1.807) is 36.7 Å². The zero-order valence-corrected chi connectivity index (χ0v) is 14.1. The van der Waals surface area contributed by atoms with Crippen LogP contribution in [0.15, 0.2) is 48.8 Å². The molecule has 8 heteroatoms. The summed E-state index contributed by atoms with van der Waals surface area (Å²) in [4.78, 5) is 23.4. The minimum atomic E-state index is -0.360. The van der Waals surface area contributed by atoms with Gasteiger partial charge in [-0.25, -0.2) is 19.2 Å². The molecule has 2 aromatic heterocycles. The fourth-order valence-corrected chi connectivity index (χ4v) is 2.38. The number of carbonyl (C=O) groups excluding carboxylic acids is 1. The van der Waals surface area contributed by atoms with Crippen molar-refractivity contribution >= 4 is 11.7 Å². The highest BCUT2D eigenvalue weighted by atomic mass is 19.1. The summed E-state index contributed by atoms with van der Waals surface area (Å²) < 4.78 is 18.1. The van der Waals surface area contributed by atoms with Crippen molar-refractivity contribution in [2.75, 3.05) is 19.0 Å². The van der Waals surface area contributed by atoms with Gasteiger partial charge in [-0.15, -0.1) is 0 Å². The largest absolute Gasteiger partial charge is 0.480 e. The van der Waals surface area contributed by atoms with Crippen LogP contribution in [0.1, 0.15) is 5.82 Å². The summed E-state index contributed by atoms with van der Waals surface area (Å²) in [6, 6.07) is 9.20. The maximum atomic E-state index is 13.0. The minimum absolute atomic E-state index is 0.283. The molecule has 3 N–H and O–H groups in total. The Morgan fingerprint density at radius 2 is 2.04 bits per heavy atom. The van der Waals surface area contributed by atoms with Crippen molar-refractivity contribution in [3.63, 3.8) is 0 Å². The fourth-order valence-electron chi connectivity index (χ4n) is 2.38. The monoisotopic (exact) mass is 355 g/mol.